The van der Waals surface area contributed by atoms with E-state index in [2.05, 4.69) is 26.3 Å². The van der Waals surface area contributed by atoms with Crippen LogP contribution in [0.25, 0.3) is 0 Å². The van der Waals surface area contributed by atoms with Gasteiger partial charge in [-0.05, 0) is 17.4 Å². The smallest absolute Gasteiger partial charge is 0.336 e. The molecule has 0 aromatic heterocycles. The summed E-state index contributed by atoms with van der Waals surface area (Å²) in [6, 6.07) is 0. The monoisotopic (exact) mass is 346 g/mol. The fraction of sp³-hybridized carbons (Fsp3) is 0.421. The number of aliphatic hydroxyl groups is 1. The summed E-state index contributed by atoms with van der Waals surface area (Å²) in [5, 5.41) is 9.05. The molecule has 1 saturated heterocycles. The lowest BCUT2D eigenvalue weighted by Crippen LogP contribution is -2.51. The van der Waals surface area contributed by atoms with Gasteiger partial charge in [-0.25, -0.2) is 9.59 Å². The molecule has 0 radical (unpaired) electrons. The van der Waals surface area contributed by atoms with Gasteiger partial charge in [0.25, 0.3) is 0 Å². The molecule has 1 aliphatic heterocycles. The summed E-state index contributed by atoms with van der Waals surface area (Å²) in [5.41, 5.74) is -0.306. The van der Waals surface area contributed by atoms with Crippen molar-refractivity contribution < 1.29 is 29.0 Å². The van der Waals surface area contributed by atoms with Gasteiger partial charge in [0, 0.05) is 11.5 Å². The summed E-state index contributed by atoms with van der Waals surface area (Å²) in [6.07, 6.45) is 1.14. The third-order valence-corrected chi connectivity index (χ3v) is 5.10. The van der Waals surface area contributed by atoms with E-state index in [1.807, 2.05) is 6.92 Å². The zero-order chi connectivity index (χ0) is 18.9. The molecule has 2 rings (SSSR count). The van der Waals surface area contributed by atoms with Crippen LogP contribution >= 0.6 is 0 Å². The number of fused-ring (bicyclic) bond motifs is 1. The van der Waals surface area contributed by atoms with Gasteiger partial charge in [-0.3, -0.25) is 4.79 Å². The van der Waals surface area contributed by atoms with Gasteiger partial charge in [-0.1, -0.05) is 32.7 Å². The fourth-order valence-corrected chi connectivity index (χ4v) is 3.70. The lowest BCUT2D eigenvalue weighted by atomic mass is 9.59. The Labute approximate surface area is 146 Å². The molecule has 0 unspecified atom stereocenters. The van der Waals surface area contributed by atoms with Crippen molar-refractivity contribution in [3.8, 4) is 0 Å². The van der Waals surface area contributed by atoms with Crippen molar-refractivity contribution >= 4 is 18.2 Å². The fourth-order valence-electron chi connectivity index (χ4n) is 3.70. The first-order valence-electron chi connectivity index (χ1n) is 7.87. The number of esters is 2. The molecule has 0 aromatic carbocycles. The highest BCUT2D eigenvalue weighted by atomic mass is 16.6. The maximum Gasteiger partial charge on any atom is 0.336 e. The molecule has 0 amide bonds. The predicted molar refractivity (Wildman–Crippen MR) is 90.2 cm³/mol. The molecule has 134 valence electrons. The van der Waals surface area contributed by atoms with Crippen LogP contribution in [0.5, 0.6) is 0 Å². The molecule has 2 aliphatic rings. The zero-order valence-corrected chi connectivity index (χ0v) is 14.2. The summed E-state index contributed by atoms with van der Waals surface area (Å²) in [4.78, 5) is 35.4. The van der Waals surface area contributed by atoms with Crippen LogP contribution in [-0.4, -0.2) is 42.1 Å². The Bertz CT molecular complexity index is 675. The summed E-state index contributed by atoms with van der Waals surface area (Å²) >= 11 is 0. The van der Waals surface area contributed by atoms with E-state index >= 15 is 0 Å². The highest BCUT2D eigenvalue weighted by Crippen LogP contribution is 2.53. The van der Waals surface area contributed by atoms with Crippen molar-refractivity contribution in [3.05, 3.63) is 49.1 Å². The van der Waals surface area contributed by atoms with Crippen LogP contribution in [0.2, 0.25) is 0 Å². The van der Waals surface area contributed by atoms with Gasteiger partial charge in [0.2, 0.25) is 0 Å². The normalized spacial score (nSPS) is 33.8. The van der Waals surface area contributed by atoms with E-state index in [9.17, 15) is 14.4 Å². The molecule has 25 heavy (non-hydrogen) atoms. The average molecular weight is 346 g/mol. The van der Waals surface area contributed by atoms with Crippen LogP contribution < -0.4 is 0 Å². The molecule has 0 aromatic rings. The maximum absolute atomic E-state index is 12.1. The number of ether oxygens (including phenoxy) is 2. The number of aliphatic hydroxyl groups excluding tert-OH is 1. The quantitative estimate of drug-likeness (QED) is 0.339. The van der Waals surface area contributed by atoms with Crippen molar-refractivity contribution in [1.82, 2.24) is 0 Å². The van der Waals surface area contributed by atoms with Crippen LogP contribution in [-0.2, 0) is 23.9 Å². The van der Waals surface area contributed by atoms with Gasteiger partial charge in [0.1, 0.15) is 18.5 Å². The Morgan fingerprint density at radius 2 is 2.12 bits per heavy atom. The second-order valence-corrected chi connectivity index (χ2v) is 6.71. The number of hydrogen-bond donors (Lipinski definition) is 1. The molecular formula is C19H22O6. The number of hydrogen-bond acceptors (Lipinski definition) is 6. The Morgan fingerprint density at radius 3 is 2.64 bits per heavy atom. The van der Waals surface area contributed by atoms with E-state index in [1.54, 1.807) is 6.08 Å². The van der Waals surface area contributed by atoms with Gasteiger partial charge in [-0.2, -0.15) is 0 Å². The molecule has 1 heterocycles. The first-order valence-corrected chi connectivity index (χ1v) is 7.87. The van der Waals surface area contributed by atoms with Crippen LogP contribution in [0.4, 0.5) is 0 Å². The Balaban J connectivity index is 2.45. The van der Waals surface area contributed by atoms with Crippen molar-refractivity contribution in [1.29, 1.82) is 0 Å². The van der Waals surface area contributed by atoms with Crippen molar-refractivity contribution in [2.45, 2.75) is 25.6 Å². The molecule has 1 N–H and O–H groups in total. The number of carbonyl (C=O) groups is 3. The summed E-state index contributed by atoms with van der Waals surface area (Å²) in [7, 11) is 0. The molecule has 0 spiro atoms. The Kier molecular flexibility index (Phi) is 5.13. The largest absolute Gasteiger partial charge is 0.458 e. The number of carbonyl (C=O) groups excluding carboxylic acids is 3. The molecule has 1 aliphatic carbocycles. The van der Waals surface area contributed by atoms with Crippen LogP contribution in [0.3, 0.4) is 0 Å². The summed E-state index contributed by atoms with van der Waals surface area (Å²) in [5.74, 6) is -2.43. The van der Waals surface area contributed by atoms with Crippen molar-refractivity contribution in [3.63, 3.8) is 0 Å². The maximum atomic E-state index is 12.1. The number of rotatable bonds is 6. The van der Waals surface area contributed by atoms with Gasteiger partial charge in [0.15, 0.2) is 0 Å². The van der Waals surface area contributed by atoms with Crippen molar-refractivity contribution in [2.24, 2.45) is 17.3 Å². The topological polar surface area (TPSA) is 89.9 Å². The standard InChI is InChI=1S/C19H22O6/c1-6-19(5)7-13(24-17(22)11(3)9-21)14-12(4)18(23)25-16(14)15(19)10(2)8-20/h6,8,13-16,21H,1-4,7,9H2,5H3/t13-,14+,15+,16-,19+/m0/s1. The molecule has 6 heteroatoms. The van der Waals surface area contributed by atoms with Crippen LogP contribution in [0.1, 0.15) is 13.3 Å². The minimum absolute atomic E-state index is 0.0906. The minimum atomic E-state index is -0.752. The van der Waals surface area contributed by atoms with Crippen LogP contribution in [0, 0.1) is 17.3 Å². The Hall–Kier alpha value is -2.47. The van der Waals surface area contributed by atoms with E-state index in [0.29, 0.717) is 12.7 Å². The molecule has 0 bridgehead atoms. The van der Waals surface area contributed by atoms with Gasteiger partial charge in [0.05, 0.1) is 18.1 Å². The highest BCUT2D eigenvalue weighted by Gasteiger charge is 2.58. The third-order valence-electron chi connectivity index (χ3n) is 5.10. The number of aldehydes is 1. The first-order chi connectivity index (χ1) is 11.7. The third kappa shape index (κ3) is 3.09. The summed E-state index contributed by atoms with van der Waals surface area (Å²) in [6.45, 7) is 16.1. The van der Waals surface area contributed by atoms with E-state index in [1.165, 1.54) is 0 Å². The molecular weight excluding hydrogens is 324 g/mol. The highest BCUT2D eigenvalue weighted by molar-refractivity contribution is 5.92. The SMILES string of the molecule is C=C[C@]1(C)C[C@H](OC(=O)C(=C)CO)[C@H]2C(=C)C(=O)O[C@@H]2[C@H]1C(=C)C=O. The minimum Gasteiger partial charge on any atom is -0.458 e. The second-order valence-electron chi connectivity index (χ2n) is 6.71. The second kappa shape index (κ2) is 6.80. The van der Waals surface area contributed by atoms with Crippen LogP contribution in [0.15, 0.2) is 49.1 Å². The van der Waals surface area contributed by atoms with Gasteiger partial charge < -0.3 is 14.6 Å². The lowest BCUT2D eigenvalue weighted by Gasteiger charge is -2.47. The van der Waals surface area contributed by atoms with E-state index in [4.69, 9.17) is 14.6 Å². The lowest BCUT2D eigenvalue weighted by molar-refractivity contribution is -0.159. The summed E-state index contributed by atoms with van der Waals surface area (Å²) < 4.78 is 10.9. The Morgan fingerprint density at radius 1 is 1.48 bits per heavy atom. The number of allylic oxidation sites excluding steroid dienone is 1. The first kappa shape index (κ1) is 18.9. The van der Waals surface area contributed by atoms with Gasteiger partial charge >= 0.3 is 11.9 Å². The van der Waals surface area contributed by atoms with Crippen molar-refractivity contribution in [2.75, 3.05) is 6.61 Å². The van der Waals surface area contributed by atoms with E-state index in [-0.39, 0.29) is 16.7 Å². The predicted octanol–water partition coefficient (Wildman–Crippen LogP) is 1.51. The molecule has 1 saturated carbocycles. The van der Waals surface area contributed by atoms with Gasteiger partial charge in [-0.15, -0.1) is 6.58 Å². The zero-order valence-electron chi connectivity index (χ0n) is 14.2. The van der Waals surface area contributed by atoms with E-state index in [0.717, 1.165) is 0 Å². The molecule has 2 fully saturated rings. The molecule has 6 nitrogen and oxygen atoms in total. The molecule has 5 atom stereocenters. The van der Waals surface area contributed by atoms with E-state index < -0.39 is 48.0 Å². The average Bonchev–Trinajstić information content (AvgIpc) is 2.88.